The second kappa shape index (κ2) is 10.9. The fourth-order valence-corrected chi connectivity index (χ4v) is 4.87. The summed E-state index contributed by atoms with van der Waals surface area (Å²) in [5.74, 6) is 0.539. The number of aromatic nitrogens is 3. The van der Waals surface area contributed by atoms with Crippen molar-refractivity contribution in [3.8, 4) is 34.0 Å². The molecule has 0 aliphatic rings. The van der Waals surface area contributed by atoms with Gasteiger partial charge in [-0.1, -0.05) is 77.8 Å². The van der Waals surface area contributed by atoms with Gasteiger partial charge in [0, 0.05) is 11.1 Å². The Hall–Kier alpha value is -4.33. The highest BCUT2D eigenvalue weighted by Crippen LogP contribution is 2.41. The lowest BCUT2D eigenvalue weighted by Crippen LogP contribution is -2.08. The van der Waals surface area contributed by atoms with Crippen LogP contribution in [-0.2, 0) is 12.8 Å². The molecule has 0 saturated carbocycles. The van der Waals surface area contributed by atoms with Crippen LogP contribution in [0.4, 0.5) is 13.2 Å². The van der Waals surface area contributed by atoms with Gasteiger partial charge in [-0.3, -0.25) is 0 Å². The molecule has 0 aliphatic carbocycles. The third-order valence-electron chi connectivity index (χ3n) is 6.53. The van der Waals surface area contributed by atoms with Crippen molar-refractivity contribution in [2.24, 2.45) is 0 Å². The minimum atomic E-state index is -4.65. The number of nitrogens with zero attached hydrogens (tertiary/aromatic N) is 3. The molecule has 0 saturated heterocycles. The molecule has 4 nitrogen and oxygen atoms in total. The van der Waals surface area contributed by atoms with Crippen molar-refractivity contribution >= 4 is 34.2 Å². The first-order chi connectivity index (χ1) is 19.8. The van der Waals surface area contributed by atoms with Gasteiger partial charge in [0.25, 0.3) is 0 Å². The quantitative estimate of drug-likeness (QED) is 0.194. The summed E-state index contributed by atoms with van der Waals surface area (Å²) in [4.78, 5) is 4.72. The average Bonchev–Trinajstić information content (AvgIpc) is 3.37. The highest BCUT2D eigenvalue weighted by molar-refractivity contribution is 6.42. The number of halogens is 5. The molecule has 0 amide bonds. The lowest BCUT2D eigenvalue weighted by Gasteiger charge is -2.13. The molecule has 2 heterocycles. The van der Waals surface area contributed by atoms with E-state index in [9.17, 15) is 13.2 Å². The van der Waals surface area contributed by atoms with E-state index >= 15 is 0 Å². The van der Waals surface area contributed by atoms with Crippen molar-refractivity contribution in [3.63, 3.8) is 0 Å². The molecule has 6 aromatic rings. The van der Waals surface area contributed by atoms with Gasteiger partial charge in [-0.05, 0) is 60.2 Å². The summed E-state index contributed by atoms with van der Waals surface area (Å²) < 4.78 is 51.1. The number of hydrogen-bond donors (Lipinski definition) is 0. The van der Waals surface area contributed by atoms with Crippen LogP contribution < -0.4 is 4.74 Å². The Morgan fingerprint density at radius 2 is 1.41 bits per heavy atom. The smallest absolute Gasteiger partial charge is 0.417 e. The summed E-state index contributed by atoms with van der Waals surface area (Å²) in [6.07, 6.45) is -4.65. The molecule has 0 spiro atoms. The van der Waals surface area contributed by atoms with E-state index in [0.717, 1.165) is 11.6 Å². The van der Waals surface area contributed by atoms with Crippen LogP contribution in [-0.4, -0.2) is 14.8 Å². The van der Waals surface area contributed by atoms with Gasteiger partial charge in [-0.2, -0.15) is 18.3 Å². The van der Waals surface area contributed by atoms with E-state index in [1.807, 2.05) is 6.07 Å². The molecule has 9 heteroatoms. The van der Waals surface area contributed by atoms with E-state index in [2.05, 4.69) is 5.10 Å². The average molecular weight is 590 g/mol. The third-order valence-corrected chi connectivity index (χ3v) is 7.27. The Morgan fingerprint density at radius 1 is 0.732 bits per heavy atom. The Bertz CT molecular complexity index is 1840. The predicted octanol–water partition coefficient (Wildman–Crippen LogP) is 9.66. The fraction of sp³-hybridized carbons (Fsp3) is 0.0625. The molecule has 0 atom stereocenters. The highest BCUT2D eigenvalue weighted by Gasteiger charge is 2.36. The number of fused-ring (bicyclic) bond motifs is 1. The van der Waals surface area contributed by atoms with Crippen molar-refractivity contribution in [1.82, 2.24) is 14.8 Å². The van der Waals surface area contributed by atoms with Crippen molar-refractivity contribution in [1.29, 1.82) is 0 Å². The van der Waals surface area contributed by atoms with E-state index in [1.54, 1.807) is 97.1 Å². The second-order valence-electron chi connectivity index (χ2n) is 9.27. The first kappa shape index (κ1) is 26.9. The summed E-state index contributed by atoms with van der Waals surface area (Å²) in [5.41, 5.74) is 2.17. The van der Waals surface area contributed by atoms with Crippen LogP contribution in [0.5, 0.6) is 5.75 Å². The van der Waals surface area contributed by atoms with Crippen LogP contribution in [0.3, 0.4) is 0 Å². The van der Waals surface area contributed by atoms with Crippen LogP contribution in [0.15, 0.2) is 109 Å². The maximum absolute atomic E-state index is 14.6. The van der Waals surface area contributed by atoms with Gasteiger partial charge >= 0.3 is 6.18 Å². The molecule has 0 radical (unpaired) electrons. The topological polar surface area (TPSA) is 39.9 Å². The van der Waals surface area contributed by atoms with Gasteiger partial charge in [0.2, 0.25) is 0 Å². The van der Waals surface area contributed by atoms with E-state index in [-0.39, 0.29) is 29.0 Å². The molecule has 0 unspecified atom stereocenters. The zero-order valence-electron chi connectivity index (χ0n) is 21.2. The Morgan fingerprint density at radius 3 is 2.07 bits per heavy atom. The lowest BCUT2D eigenvalue weighted by molar-refractivity contribution is -0.136. The lowest BCUT2D eigenvalue weighted by atomic mass is 10.0. The van der Waals surface area contributed by atoms with Crippen LogP contribution in [0.25, 0.3) is 39.2 Å². The summed E-state index contributed by atoms with van der Waals surface area (Å²) in [5, 5.41) is 5.45. The third kappa shape index (κ3) is 5.51. The summed E-state index contributed by atoms with van der Waals surface area (Å²) in [7, 11) is 0. The van der Waals surface area contributed by atoms with Gasteiger partial charge in [0.15, 0.2) is 5.65 Å². The van der Waals surface area contributed by atoms with Crippen molar-refractivity contribution in [2.45, 2.75) is 12.8 Å². The zero-order chi connectivity index (χ0) is 28.6. The first-order valence-corrected chi connectivity index (χ1v) is 13.3. The number of benzene rings is 4. The molecule has 0 bridgehead atoms. The predicted molar refractivity (Wildman–Crippen MR) is 156 cm³/mol. The molecule has 0 N–H and O–H groups in total. The first-order valence-electron chi connectivity index (χ1n) is 12.6. The SMILES string of the molecule is FC(F)(F)c1cc(-c2ccc(OCc3ccc(Cl)c(Cl)c3)cc2)nc2c1c(-c1ccccc1)nn2-c1ccccc1. The van der Waals surface area contributed by atoms with Crippen LogP contribution in [0.1, 0.15) is 11.1 Å². The standard InChI is InChI=1S/C32H20Cl2F3N3O/c33-26-16-11-20(17-27(26)34)19-41-24-14-12-21(13-15-24)28-18-25(32(35,36)37)29-30(22-7-3-1-4-8-22)39-40(31(29)38-28)23-9-5-2-6-10-23/h1-18H,19H2. The van der Waals surface area contributed by atoms with Gasteiger partial charge in [-0.15, -0.1) is 0 Å². The number of hydrogen-bond acceptors (Lipinski definition) is 3. The number of alkyl halides is 3. The Labute approximate surface area is 243 Å². The number of pyridine rings is 1. The number of rotatable bonds is 6. The van der Waals surface area contributed by atoms with E-state index in [1.165, 1.54) is 4.68 Å². The van der Waals surface area contributed by atoms with Crippen LogP contribution in [0, 0.1) is 0 Å². The van der Waals surface area contributed by atoms with Gasteiger partial charge in [0.05, 0.1) is 32.4 Å². The van der Waals surface area contributed by atoms with Crippen molar-refractivity contribution in [2.75, 3.05) is 0 Å². The van der Waals surface area contributed by atoms with E-state index in [0.29, 0.717) is 32.6 Å². The van der Waals surface area contributed by atoms with Crippen LogP contribution >= 0.6 is 23.2 Å². The summed E-state index contributed by atoms with van der Waals surface area (Å²) in [6, 6.07) is 30.8. The molecule has 2 aromatic heterocycles. The Kier molecular flexibility index (Phi) is 7.15. The van der Waals surface area contributed by atoms with Gasteiger partial charge < -0.3 is 4.74 Å². The molecule has 0 aliphatic heterocycles. The molecule has 4 aromatic carbocycles. The number of para-hydroxylation sites is 1. The number of ether oxygens (including phenoxy) is 1. The second-order valence-corrected chi connectivity index (χ2v) is 10.1. The minimum Gasteiger partial charge on any atom is -0.489 e. The van der Waals surface area contributed by atoms with E-state index < -0.39 is 11.7 Å². The van der Waals surface area contributed by atoms with Crippen LogP contribution in [0.2, 0.25) is 10.0 Å². The summed E-state index contributed by atoms with van der Waals surface area (Å²) in [6.45, 7) is 0.247. The molecule has 41 heavy (non-hydrogen) atoms. The Balaban J connectivity index is 1.44. The normalized spacial score (nSPS) is 11.6. The summed E-state index contributed by atoms with van der Waals surface area (Å²) >= 11 is 12.0. The van der Waals surface area contributed by atoms with Gasteiger partial charge in [-0.25, -0.2) is 9.67 Å². The molecular weight excluding hydrogens is 570 g/mol. The monoisotopic (exact) mass is 589 g/mol. The zero-order valence-corrected chi connectivity index (χ0v) is 22.8. The molecule has 204 valence electrons. The molecular formula is C32H20Cl2F3N3O. The van der Waals surface area contributed by atoms with Crippen molar-refractivity contribution in [3.05, 3.63) is 130 Å². The largest absolute Gasteiger partial charge is 0.489 e. The molecule has 6 rings (SSSR count). The van der Waals surface area contributed by atoms with Gasteiger partial charge in [0.1, 0.15) is 18.1 Å². The maximum Gasteiger partial charge on any atom is 0.417 e. The highest BCUT2D eigenvalue weighted by atomic mass is 35.5. The maximum atomic E-state index is 14.6. The minimum absolute atomic E-state index is 0.0575. The van der Waals surface area contributed by atoms with Crippen molar-refractivity contribution < 1.29 is 17.9 Å². The fourth-order valence-electron chi connectivity index (χ4n) is 4.55. The molecule has 0 fully saturated rings. The van der Waals surface area contributed by atoms with E-state index in [4.69, 9.17) is 32.9 Å².